The van der Waals surface area contributed by atoms with Gasteiger partial charge in [0.2, 0.25) is 0 Å². The summed E-state index contributed by atoms with van der Waals surface area (Å²) in [5, 5.41) is 4.26. The number of rotatable bonds is 5. The maximum absolute atomic E-state index is 5.71. The van der Waals surface area contributed by atoms with Crippen LogP contribution in [0.4, 0.5) is 0 Å². The van der Waals surface area contributed by atoms with E-state index in [1.807, 2.05) is 16.9 Å². The van der Waals surface area contributed by atoms with Crippen molar-refractivity contribution in [3.05, 3.63) is 48.0 Å². The van der Waals surface area contributed by atoms with E-state index in [1.54, 1.807) is 6.20 Å². The number of hydrogen-bond acceptors (Lipinski definition) is 3. The Bertz CT molecular complexity index is 696. The predicted octanol–water partition coefficient (Wildman–Crippen LogP) is 2.15. The molecule has 2 heterocycles. The Kier molecular flexibility index (Phi) is 3.52. The highest BCUT2D eigenvalue weighted by atomic mass is 15.3. The average molecular weight is 269 g/mol. The molecule has 5 nitrogen and oxygen atoms in total. The fraction of sp³-hybridized carbons (Fsp3) is 0.333. The van der Waals surface area contributed by atoms with Crippen LogP contribution in [0.2, 0.25) is 0 Å². The molecular formula is C15H19N5. The van der Waals surface area contributed by atoms with E-state index >= 15 is 0 Å². The summed E-state index contributed by atoms with van der Waals surface area (Å²) in [6.07, 6.45) is 4.83. The summed E-state index contributed by atoms with van der Waals surface area (Å²) >= 11 is 0. The van der Waals surface area contributed by atoms with Gasteiger partial charge in [0.05, 0.1) is 17.6 Å². The molecule has 104 valence electrons. The van der Waals surface area contributed by atoms with Crippen molar-refractivity contribution in [1.82, 2.24) is 19.3 Å². The Morgan fingerprint density at radius 1 is 1.30 bits per heavy atom. The van der Waals surface area contributed by atoms with Gasteiger partial charge >= 0.3 is 0 Å². The molecule has 0 saturated heterocycles. The van der Waals surface area contributed by atoms with Crippen LogP contribution in [0.15, 0.2) is 36.7 Å². The lowest BCUT2D eigenvalue weighted by Gasteiger charge is -2.08. The molecule has 3 aromatic rings. The third-order valence-corrected chi connectivity index (χ3v) is 3.44. The second kappa shape index (κ2) is 5.46. The van der Waals surface area contributed by atoms with E-state index in [0.717, 1.165) is 29.9 Å². The summed E-state index contributed by atoms with van der Waals surface area (Å²) in [5.41, 5.74) is 9.01. The van der Waals surface area contributed by atoms with E-state index in [2.05, 4.69) is 34.8 Å². The van der Waals surface area contributed by atoms with Gasteiger partial charge in [-0.1, -0.05) is 13.0 Å². The van der Waals surface area contributed by atoms with Gasteiger partial charge in [0, 0.05) is 25.5 Å². The molecular weight excluding hydrogens is 250 g/mol. The van der Waals surface area contributed by atoms with Crippen molar-refractivity contribution in [1.29, 1.82) is 0 Å². The van der Waals surface area contributed by atoms with Crippen LogP contribution in [0.5, 0.6) is 0 Å². The van der Waals surface area contributed by atoms with Gasteiger partial charge in [-0.15, -0.1) is 0 Å². The Hall–Kier alpha value is -2.14. The Labute approximate surface area is 118 Å². The van der Waals surface area contributed by atoms with Crippen LogP contribution in [0.25, 0.3) is 11.0 Å². The van der Waals surface area contributed by atoms with Gasteiger partial charge in [0.1, 0.15) is 5.82 Å². The van der Waals surface area contributed by atoms with Crippen LogP contribution in [0.1, 0.15) is 24.7 Å². The maximum Gasteiger partial charge on any atom is 0.131 e. The minimum atomic E-state index is 0.547. The molecule has 1 aromatic carbocycles. The quantitative estimate of drug-likeness (QED) is 0.772. The Balaban J connectivity index is 2.07. The molecule has 3 rings (SSSR count). The maximum atomic E-state index is 5.71. The highest BCUT2D eigenvalue weighted by molar-refractivity contribution is 5.77. The first-order chi connectivity index (χ1) is 9.81. The van der Waals surface area contributed by atoms with Crippen LogP contribution < -0.4 is 5.73 Å². The fourth-order valence-electron chi connectivity index (χ4n) is 2.48. The standard InChI is InChI=1S/C15H19N5/c1-2-7-20-14-5-4-12(10-16)9-13(14)18-15(20)11-19-8-3-6-17-19/h3-6,8-9H,2,7,10-11,16H2,1H3. The van der Waals surface area contributed by atoms with Gasteiger partial charge in [-0.05, 0) is 30.2 Å². The highest BCUT2D eigenvalue weighted by Crippen LogP contribution is 2.19. The normalized spacial score (nSPS) is 11.3. The van der Waals surface area contributed by atoms with Gasteiger partial charge in [0.15, 0.2) is 0 Å². The molecule has 2 N–H and O–H groups in total. The smallest absolute Gasteiger partial charge is 0.131 e. The second-order valence-corrected chi connectivity index (χ2v) is 4.91. The van der Waals surface area contributed by atoms with Crippen molar-refractivity contribution >= 4 is 11.0 Å². The largest absolute Gasteiger partial charge is 0.326 e. The van der Waals surface area contributed by atoms with E-state index in [4.69, 9.17) is 10.7 Å². The van der Waals surface area contributed by atoms with Crippen molar-refractivity contribution in [2.45, 2.75) is 33.0 Å². The molecule has 0 aliphatic rings. The zero-order valence-electron chi connectivity index (χ0n) is 11.7. The SMILES string of the molecule is CCCn1c(Cn2cccn2)nc2cc(CN)ccc21. The number of nitrogens with zero attached hydrogens (tertiary/aromatic N) is 4. The van der Waals surface area contributed by atoms with Gasteiger partial charge in [-0.25, -0.2) is 4.98 Å². The first kappa shape index (κ1) is 12.9. The number of aromatic nitrogens is 4. The third kappa shape index (κ3) is 2.32. The molecule has 0 atom stereocenters. The minimum Gasteiger partial charge on any atom is -0.326 e. The molecule has 5 heteroatoms. The third-order valence-electron chi connectivity index (χ3n) is 3.44. The van der Waals surface area contributed by atoms with Gasteiger partial charge in [-0.2, -0.15) is 5.10 Å². The molecule has 0 aliphatic heterocycles. The zero-order chi connectivity index (χ0) is 13.9. The molecule has 0 spiro atoms. The molecule has 20 heavy (non-hydrogen) atoms. The van der Waals surface area contributed by atoms with Crippen LogP contribution in [0.3, 0.4) is 0 Å². The van der Waals surface area contributed by atoms with Crippen molar-refractivity contribution in [3.8, 4) is 0 Å². The minimum absolute atomic E-state index is 0.547. The Morgan fingerprint density at radius 3 is 2.90 bits per heavy atom. The topological polar surface area (TPSA) is 61.7 Å². The zero-order valence-corrected chi connectivity index (χ0v) is 11.7. The molecule has 0 saturated carbocycles. The van der Waals surface area contributed by atoms with Crippen LogP contribution >= 0.6 is 0 Å². The number of benzene rings is 1. The monoisotopic (exact) mass is 269 g/mol. The Morgan fingerprint density at radius 2 is 2.20 bits per heavy atom. The van der Waals surface area contributed by atoms with E-state index in [9.17, 15) is 0 Å². The van der Waals surface area contributed by atoms with E-state index in [1.165, 1.54) is 5.52 Å². The molecule has 0 amide bonds. The molecule has 0 bridgehead atoms. The van der Waals surface area contributed by atoms with Crippen molar-refractivity contribution < 1.29 is 0 Å². The summed E-state index contributed by atoms with van der Waals surface area (Å²) in [5.74, 6) is 1.04. The molecule has 0 radical (unpaired) electrons. The number of hydrogen-bond donors (Lipinski definition) is 1. The van der Waals surface area contributed by atoms with Gasteiger partial charge < -0.3 is 10.3 Å². The number of aryl methyl sites for hydroxylation is 1. The number of imidazole rings is 1. The number of fused-ring (bicyclic) bond motifs is 1. The fourth-order valence-corrected chi connectivity index (χ4v) is 2.48. The predicted molar refractivity (Wildman–Crippen MR) is 79.2 cm³/mol. The second-order valence-electron chi connectivity index (χ2n) is 4.91. The van der Waals surface area contributed by atoms with Gasteiger partial charge in [0.25, 0.3) is 0 Å². The van der Waals surface area contributed by atoms with Crippen LogP contribution in [-0.2, 0) is 19.6 Å². The lowest BCUT2D eigenvalue weighted by atomic mass is 10.2. The lowest BCUT2D eigenvalue weighted by Crippen LogP contribution is -2.09. The van der Waals surface area contributed by atoms with Crippen LogP contribution in [-0.4, -0.2) is 19.3 Å². The van der Waals surface area contributed by atoms with Crippen molar-refractivity contribution in [2.24, 2.45) is 5.73 Å². The van der Waals surface area contributed by atoms with E-state index in [-0.39, 0.29) is 0 Å². The molecule has 0 fully saturated rings. The lowest BCUT2D eigenvalue weighted by molar-refractivity contribution is 0.593. The van der Waals surface area contributed by atoms with Crippen LogP contribution in [0, 0.1) is 0 Å². The van der Waals surface area contributed by atoms with Crippen molar-refractivity contribution in [3.63, 3.8) is 0 Å². The summed E-state index contributed by atoms with van der Waals surface area (Å²) in [6, 6.07) is 8.20. The van der Waals surface area contributed by atoms with Crippen molar-refractivity contribution in [2.75, 3.05) is 0 Å². The summed E-state index contributed by atoms with van der Waals surface area (Å²) < 4.78 is 4.18. The molecule has 0 unspecified atom stereocenters. The number of nitrogens with two attached hydrogens (primary N) is 1. The average Bonchev–Trinajstić information content (AvgIpc) is 3.08. The highest BCUT2D eigenvalue weighted by Gasteiger charge is 2.11. The first-order valence-electron chi connectivity index (χ1n) is 6.97. The van der Waals surface area contributed by atoms with Gasteiger partial charge in [-0.3, -0.25) is 4.68 Å². The first-order valence-corrected chi connectivity index (χ1v) is 6.97. The summed E-state index contributed by atoms with van der Waals surface area (Å²) in [4.78, 5) is 4.76. The summed E-state index contributed by atoms with van der Waals surface area (Å²) in [7, 11) is 0. The molecule has 0 aliphatic carbocycles. The van der Waals surface area contributed by atoms with E-state index in [0.29, 0.717) is 13.1 Å². The molecule has 2 aromatic heterocycles. The van der Waals surface area contributed by atoms with E-state index < -0.39 is 0 Å². The summed E-state index contributed by atoms with van der Waals surface area (Å²) in [6.45, 7) is 4.39.